The van der Waals surface area contributed by atoms with Crippen molar-refractivity contribution in [2.24, 2.45) is 17.6 Å². The van der Waals surface area contributed by atoms with E-state index < -0.39 is 0 Å². The van der Waals surface area contributed by atoms with Gasteiger partial charge in [0.1, 0.15) is 0 Å². The minimum absolute atomic E-state index is 0.0740. The first-order valence-corrected chi connectivity index (χ1v) is 8.43. The highest BCUT2D eigenvalue weighted by molar-refractivity contribution is 5.76. The van der Waals surface area contributed by atoms with Crippen molar-refractivity contribution >= 4 is 5.91 Å². The zero-order chi connectivity index (χ0) is 15.1. The fourth-order valence-corrected chi connectivity index (χ4v) is 3.54. The lowest BCUT2D eigenvalue weighted by molar-refractivity contribution is -0.135. The molecule has 0 unspecified atom stereocenters. The van der Waals surface area contributed by atoms with Crippen LogP contribution in [0, 0.1) is 11.8 Å². The zero-order valence-corrected chi connectivity index (χ0v) is 13.0. The molecule has 0 bridgehead atoms. The van der Waals surface area contributed by atoms with Crippen molar-refractivity contribution in [2.45, 2.75) is 51.0 Å². The molecule has 2 fully saturated rings. The summed E-state index contributed by atoms with van der Waals surface area (Å²) in [5.41, 5.74) is 5.71. The summed E-state index contributed by atoms with van der Waals surface area (Å²) in [4.78, 5) is 14.4. The third-order valence-electron chi connectivity index (χ3n) is 5.00. The number of piperidine rings is 1. The van der Waals surface area contributed by atoms with E-state index in [1.165, 1.54) is 12.8 Å². The molecular weight excluding hydrogens is 268 g/mol. The first-order chi connectivity index (χ1) is 10.2. The number of aliphatic hydroxyl groups excluding tert-OH is 1. The number of nitrogens with two attached hydrogens (primary N) is 1. The van der Waals surface area contributed by atoms with Gasteiger partial charge in [-0.2, -0.15) is 0 Å². The maximum Gasteiger partial charge on any atom is 0.222 e. The van der Waals surface area contributed by atoms with Crippen LogP contribution in [-0.2, 0) is 9.53 Å². The standard InChI is InChI=1S/C16H30N2O3/c17-12-14-3-1-13(2-4-14)11-16(20)18-7-5-15(6-8-18)21-10-9-19/h13-15,19H,1-12,17H2. The molecule has 0 spiro atoms. The summed E-state index contributed by atoms with van der Waals surface area (Å²) in [6.45, 7) is 2.87. The third-order valence-corrected chi connectivity index (χ3v) is 5.00. The predicted octanol–water partition coefficient (Wildman–Crippen LogP) is 1.14. The first-order valence-electron chi connectivity index (χ1n) is 8.43. The van der Waals surface area contributed by atoms with Crippen LogP contribution < -0.4 is 5.73 Å². The summed E-state index contributed by atoms with van der Waals surface area (Å²) in [6, 6.07) is 0. The van der Waals surface area contributed by atoms with Crippen molar-refractivity contribution < 1.29 is 14.6 Å². The van der Waals surface area contributed by atoms with Crippen molar-refractivity contribution in [1.29, 1.82) is 0 Å². The number of carbonyl (C=O) groups excluding carboxylic acids is 1. The summed E-state index contributed by atoms with van der Waals surface area (Å²) in [6.07, 6.45) is 7.39. The predicted molar refractivity (Wildman–Crippen MR) is 81.8 cm³/mol. The Morgan fingerprint density at radius 3 is 2.29 bits per heavy atom. The van der Waals surface area contributed by atoms with Crippen molar-refractivity contribution in [3.8, 4) is 0 Å². The number of likely N-dealkylation sites (tertiary alicyclic amines) is 1. The first kappa shape index (κ1) is 16.7. The highest BCUT2D eigenvalue weighted by Crippen LogP contribution is 2.31. The summed E-state index contributed by atoms with van der Waals surface area (Å²) in [5.74, 6) is 1.55. The van der Waals surface area contributed by atoms with E-state index in [9.17, 15) is 4.79 Å². The van der Waals surface area contributed by atoms with Crippen LogP contribution in [0.2, 0.25) is 0 Å². The van der Waals surface area contributed by atoms with E-state index in [2.05, 4.69) is 0 Å². The van der Waals surface area contributed by atoms with E-state index in [0.29, 0.717) is 30.8 Å². The Balaban J connectivity index is 1.66. The molecule has 2 aliphatic rings. The van der Waals surface area contributed by atoms with E-state index in [4.69, 9.17) is 15.6 Å². The lowest BCUT2D eigenvalue weighted by atomic mass is 9.80. The summed E-state index contributed by atoms with van der Waals surface area (Å²) >= 11 is 0. The minimum Gasteiger partial charge on any atom is -0.394 e. The van der Waals surface area contributed by atoms with Gasteiger partial charge in [0.25, 0.3) is 0 Å². The number of nitrogens with zero attached hydrogens (tertiary/aromatic N) is 1. The topological polar surface area (TPSA) is 75.8 Å². The molecule has 1 heterocycles. The Morgan fingerprint density at radius 2 is 1.71 bits per heavy atom. The Kier molecular flexibility index (Phi) is 6.93. The Hall–Kier alpha value is -0.650. The van der Waals surface area contributed by atoms with E-state index in [-0.39, 0.29) is 12.7 Å². The average molecular weight is 298 g/mol. The van der Waals surface area contributed by atoms with Crippen LogP contribution in [0.5, 0.6) is 0 Å². The number of aliphatic hydroxyl groups is 1. The Morgan fingerprint density at radius 1 is 1.10 bits per heavy atom. The average Bonchev–Trinajstić information content (AvgIpc) is 2.54. The van der Waals surface area contributed by atoms with Crippen LogP contribution >= 0.6 is 0 Å². The van der Waals surface area contributed by atoms with Gasteiger partial charge in [0.2, 0.25) is 5.91 Å². The quantitative estimate of drug-likeness (QED) is 0.771. The Bertz CT molecular complexity index is 309. The number of rotatable bonds is 6. The SMILES string of the molecule is NCC1CCC(CC(=O)N2CCC(OCCO)CC2)CC1. The van der Waals surface area contributed by atoms with Gasteiger partial charge in [-0.25, -0.2) is 0 Å². The maximum atomic E-state index is 12.4. The lowest BCUT2D eigenvalue weighted by Gasteiger charge is -2.34. The van der Waals surface area contributed by atoms with Gasteiger partial charge in [-0.05, 0) is 56.9 Å². The van der Waals surface area contributed by atoms with Gasteiger partial charge in [-0.15, -0.1) is 0 Å². The van der Waals surface area contributed by atoms with Crippen molar-refractivity contribution in [3.05, 3.63) is 0 Å². The molecule has 0 atom stereocenters. The number of ether oxygens (including phenoxy) is 1. The second kappa shape index (κ2) is 8.71. The molecule has 1 amide bonds. The summed E-state index contributed by atoms with van der Waals surface area (Å²) in [7, 11) is 0. The van der Waals surface area contributed by atoms with Gasteiger partial charge in [-0.1, -0.05) is 0 Å². The molecule has 2 rings (SSSR count). The van der Waals surface area contributed by atoms with Crippen LogP contribution in [0.25, 0.3) is 0 Å². The fourth-order valence-electron chi connectivity index (χ4n) is 3.54. The molecule has 5 heteroatoms. The van der Waals surface area contributed by atoms with Gasteiger partial charge in [0, 0.05) is 19.5 Å². The van der Waals surface area contributed by atoms with E-state index in [1.54, 1.807) is 0 Å². The molecule has 0 aromatic carbocycles. The minimum atomic E-state index is 0.0740. The molecule has 1 aliphatic heterocycles. The van der Waals surface area contributed by atoms with Gasteiger partial charge in [0.05, 0.1) is 19.3 Å². The number of amides is 1. The molecule has 5 nitrogen and oxygen atoms in total. The molecule has 122 valence electrons. The summed E-state index contributed by atoms with van der Waals surface area (Å²) in [5, 5.41) is 8.76. The van der Waals surface area contributed by atoms with Crippen LogP contribution in [0.15, 0.2) is 0 Å². The molecule has 0 aromatic heterocycles. The highest BCUT2D eigenvalue weighted by atomic mass is 16.5. The smallest absolute Gasteiger partial charge is 0.222 e. The molecular formula is C16H30N2O3. The fraction of sp³-hybridized carbons (Fsp3) is 0.938. The van der Waals surface area contributed by atoms with Crippen molar-refractivity contribution in [2.75, 3.05) is 32.8 Å². The second-order valence-electron chi connectivity index (χ2n) is 6.50. The largest absolute Gasteiger partial charge is 0.394 e. The van der Waals surface area contributed by atoms with Crippen LogP contribution in [0.3, 0.4) is 0 Å². The maximum absolute atomic E-state index is 12.4. The van der Waals surface area contributed by atoms with Crippen LogP contribution in [0.1, 0.15) is 44.9 Å². The lowest BCUT2D eigenvalue weighted by Crippen LogP contribution is -2.41. The third kappa shape index (κ3) is 5.24. The van der Waals surface area contributed by atoms with E-state index in [0.717, 1.165) is 45.3 Å². The molecule has 1 saturated carbocycles. The number of hydrogen-bond acceptors (Lipinski definition) is 4. The van der Waals surface area contributed by atoms with Crippen molar-refractivity contribution in [1.82, 2.24) is 4.90 Å². The van der Waals surface area contributed by atoms with E-state index in [1.807, 2.05) is 4.90 Å². The molecule has 3 N–H and O–H groups in total. The second-order valence-corrected chi connectivity index (χ2v) is 6.50. The van der Waals surface area contributed by atoms with E-state index >= 15 is 0 Å². The normalized spacial score (nSPS) is 27.8. The number of hydrogen-bond donors (Lipinski definition) is 2. The molecule has 1 aliphatic carbocycles. The molecule has 0 radical (unpaired) electrons. The zero-order valence-electron chi connectivity index (χ0n) is 13.0. The van der Waals surface area contributed by atoms with Crippen molar-refractivity contribution in [3.63, 3.8) is 0 Å². The Labute approximate surface area is 127 Å². The molecule has 21 heavy (non-hydrogen) atoms. The monoisotopic (exact) mass is 298 g/mol. The summed E-state index contributed by atoms with van der Waals surface area (Å²) < 4.78 is 5.53. The van der Waals surface area contributed by atoms with Gasteiger partial charge >= 0.3 is 0 Å². The van der Waals surface area contributed by atoms with Crippen LogP contribution in [-0.4, -0.2) is 54.9 Å². The van der Waals surface area contributed by atoms with Crippen LogP contribution in [0.4, 0.5) is 0 Å². The highest BCUT2D eigenvalue weighted by Gasteiger charge is 2.27. The van der Waals surface area contributed by atoms with Gasteiger partial charge in [0.15, 0.2) is 0 Å². The van der Waals surface area contributed by atoms with Gasteiger partial charge < -0.3 is 20.5 Å². The molecule has 1 saturated heterocycles. The van der Waals surface area contributed by atoms with Gasteiger partial charge in [-0.3, -0.25) is 4.79 Å². The molecule has 0 aromatic rings. The number of carbonyl (C=O) groups is 1.